The van der Waals surface area contributed by atoms with Gasteiger partial charge in [0, 0.05) is 17.1 Å². The number of ether oxygens (including phenoxy) is 1. The van der Waals surface area contributed by atoms with E-state index in [0.717, 1.165) is 0 Å². The van der Waals surface area contributed by atoms with Crippen LogP contribution in [-0.2, 0) is 0 Å². The minimum absolute atomic E-state index is 0.309. The molecule has 0 aliphatic carbocycles. The van der Waals surface area contributed by atoms with E-state index >= 15 is 0 Å². The summed E-state index contributed by atoms with van der Waals surface area (Å²) in [6.07, 6.45) is 0. The summed E-state index contributed by atoms with van der Waals surface area (Å²) in [5.41, 5.74) is 0.423. The van der Waals surface area contributed by atoms with Gasteiger partial charge in [0.05, 0.1) is 5.69 Å². The summed E-state index contributed by atoms with van der Waals surface area (Å²) < 4.78 is 32.4. The lowest BCUT2D eigenvalue weighted by atomic mass is 10.3. The average molecular weight is 328 g/mol. The molecule has 0 fully saturated rings. The van der Waals surface area contributed by atoms with E-state index in [1.807, 2.05) is 0 Å². The van der Waals surface area contributed by atoms with Crippen LogP contribution in [0.1, 0.15) is 0 Å². The van der Waals surface area contributed by atoms with Crippen molar-refractivity contribution in [3.8, 4) is 5.75 Å². The van der Waals surface area contributed by atoms with Crippen LogP contribution in [0.4, 0.5) is 14.5 Å². The molecule has 0 aliphatic rings. The Hall–Kier alpha value is -1.62. The first-order valence-corrected chi connectivity index (χ1v) is 6.52. The van der Waals surface area contributed by atoms with Gasteiger partial charge in [0.15, 0.2) is 0 Å². The zero-order valence-electron chi connectivity index (χ0n) is 10.00. The summed E-state index contributed by atoms with van der Waals surface area (Å²) in [5, 5.41) is 2.91. The Kier molecular flexibility index (Phi) is 4.74. The summed E-state index contributed by atoms with van der Waals surface area (Å²) in [7, 11) is 0. The number of rotatable bonds is 5. The van der Waals surface area contributed by atoms with Gasteiger partial charge in [0.2, 0.25) is 0 Å². The van der Waals surface area contributed by atoms with Gasteiger partial charge in [0.1, 0.15) is 24.0 Å². The Labute approximate surface area is 118 Å². The van der Waals surface area contributed by atoms with Crippen molar-refractivity contribution in [2.45, 2.75) is 0 Å². The van der Waals surface area contributed by atoms with Crippen LogP contribution in [0.15, 0.2) is 46.9 Å². The summed E-state index contributed by atoms with van der Waals surface area (Å²) in [6, 6.07) is 10.7. The first-order valence-electron chi connectivity index (χ1n) is 5.72. The van der Waals surface area contributed by atoms with E-state index in [4.69, 9.17) is 4.74 Å². The zero-order valence-corrected chi connectivity index (χ0v) is 11.6. The summed E-state index contributed by atoms with van der Waals surface area (Å²) in [4.78, 5) is 0. The number of para-hydroxylation sites is 1. The predicted octanol–water partition coefficient (Wildman–Crippen LogP) is 4.22. The topological polar surface area (TPSA) is 21.3 Å². The molecule has 0 heterocycles. The van der Waals surface area contributed by atoms with Gasteiger partial charge >= 0.3 is 0 Å². The third kappa shape index (κ3) is 4.21. The second-order valence-corrected chi connectivity index (χ2v) is 4.78. The maximum atomic E-state index is 13.3. The SMILES string of the molecule is Fc1cc(Br)cc(OCCNc2ccccc2F)c1. The number of nitrogens with one attached hydrogen (secondary N) is 1. The van der Waals surface area contributed by atoms with E-state index in [9.17, 15) is 8.78 Å². The van der Waals surface area contributed by atoms with E-state index in [1.54, 1.807) is 24.3 Å². The molecular formula is C14H12BrF2NO. The maximum absolute atomic E-state index is 13.3. The van der Waals surface area contributed by atoms with Gasteiger partial charge in [-0.25, -0.2) is 8.78 Å². The average Bonchev–Trinajstić information content (AvgIpc) is 2.35. The van der Waals surface area contributed by atoms with Crippen LogP contribution in [0.5, 0.6) is 5.75 Å². The van der Waals surface area contributed by atoms with Gasteiger partial charge in [-0.1, -0.05) is 28.1 Å². The normalized spacial score (nSPS) is 10.3. The van der Waals surface area contributed by atoms with Crippen molar-refractivity contribution in [3.05, 3.63) is 58.6 Å². The fourth-order valence-corrected chi connectivity index (χ4v) is 2.02. The molecule has 0 radical (unpaired) electrons. The molecule has 0 atom stereocenters. The molecule has 5 heteroatoms. The first kappa shape index (κ1) is 13.8. The number of halogens is 3. The molecular weight excluding hydrogens is 316 g/mol. The largest absolute Gasteiger partial charge is 0.492 e. The van der Waals surface area contributed by atoms with Crippen LogP contribution in [-0.4, -0.2) is 13.2 Å². The van der Waals surface area contributed by atoms with Crippen molar-refractivity contribution in [2.24, 2.45) is 0 Å². The summed E-state index contributed by atoms with van der Waals surface area (Å²) in [6.45, 7) is 0.735. The van der Waals surface area contributed by atoms with Gasteiger partial charge < -0.3 is 10.1 Å². The van der Waals surface area contributed by atoms with Gasteiger partial charge in [-0.3, -0.25) is 0 Å². The molecule has 0 spiro atoms. The number of anilines is 1. The lowest BCUT2D eigenvalue weighted by Crippen LogP contribution is -2.12. The van der Waals surface area contributed by atoms with Crippen LogP contribution >= 0.6 is 15.9 Å². The highest BCUT2D eigenvalue weighted by Crippen LogP contribution is 2.20. The van der Waals surface area contributed by atoms with E-state index in [0.29, 0.717) is 29.1 Å². The molecule has 0 aliphatic heterocycles. The van der Waals surface area contributed by atoms with E-state index in [2.05, 4.69) is 21.2 Å². The van der Waals surface area contributed by atoms with E-state index in [1.165, 1.54) is 18.2 Å². The highest BCUT2D eigenvalue weighted by Gasteiger charge is 2.01. The molecule has 2 aromatic rings. The van der Waals surface area contributed by atoms with E-state index < -0.39 is 0 Å². The molecule has 1 N–H and O–H groups in total. The Morgan fingerprint density at radius 1 is 1.11 bits per heavy atom. The third-order valence-corrected chi connectivity index (χ3v) is 2.85. The molecule has 0 amide bonds. The molecule has 0 saturated carbocycles. The van der Waals surface area contributed by atoms with Crippen LogP contribution < -0.4 is 10.1 Å². The molecule has 0 saturated heterocycles. The lowest BCUT2D eigenvalue weighted by Gasteiger charge is -2.09. The molecule has 2 rings (SSSR count). The molecule has 100 valence electrons. The van der Waals surface area contributed by atoms with Crippen molar-refractivity contribution in [2.75, 3.05) is 18.5 Å². The molecule has 2 nitrogen and oxygen atoms in total. The molecule has 0 unspecified atom stereocenters. The molecule has 0 bridgehead atoms. The quantitative estimate of drug-likeness (QED) is 0.830. The van der Waals surface area contributed by atoms with Gasteiger partial charge in [-0.2, -0.15) is 0 Å². The number of benzene rings is 2. The van der Waals surface area contributed by atoms with Crippen LogP contribution in [0.25, 0.3) is 0 Å². The van der Waals surface area contributed by atoms with Crippen LogP contribution in [0, 0.1) is 11.6 Å². The summed E-state index contributed by atoms with van der Waals surface area (Å²) >= 11 is 3.18. The maximum Gasteiger partial charge on any atom is 0.146 e. The monoisotopic (exact) mass is 327 g/mol. The molecule has 0 aromatic heterocycles. The highest BCUT2D eigenvalue weighted by atomic mass is 79.9. The van der Waals surface area contributed by atoms with Crippen molar-refractivity contribution in [1.82, 2.24) is 0 Å². The lowest BCUT2D eigenvalue weighted by molar-refractivity contribution is 0.330. The van der Waals surface area contributed by atoms with Crippen LogP contribution in [0.2, 0.25) is 0 Å². The fraction of sp³-hybridized carbons (Fsp3) is 0.143. The predicted molar refractivity (Wildman–Crippen MR) is 74.5 cm³/mol. The minimum Gasteiger partial charge on any atom is -0.492 e. The van der Waals surface area contributed by atoms with Crippen LogP contribution in [0.3, 0.4) is 0 Å². The van der Waals surface area contributed by atoms with Gasteiger partial charge in [-0.15, -0.1) is 0 Å². The molecule has 2 aromatic carbocycles. The smallest absolute Gasteiger partial charge is 0.146 e. The number of hydrogen-bond acceptors (Lipinski definition) is 2. The van der Waals surface area contributed by atoms with Crippen molar-refractivity contribution in [3.63, 3.8) is 0 Å². The fourth-order valence-electron chi connectivity index (χ4n) is 1.57. The van der Waals surface area contributed by atoms with Crippen molar-refractivity contribution in [1.29, 1.82) is 0 Å². The number of hydrogen-bond donors (Lipinski definition) is 1. The Morgan fingerprint density at radius 2 is 1.89 bits per heavy atom. The Balaban J connectivity index is 1.82. The van der Waals surface area contributed by atoms with Gasteiger partial charge in [-0.05, 0) is 24.3 Å². The van der Waals surface area contributed by atoms with Gasteiger partial charge in [0.25, 0.3) is 0 Å². The minimum atomic E-state index is -0.369. The van der Waals surface area contributed by atoms with E-state index in [-0.39, 0.29) is 11.6 Å². The first-order chi connectivity index (χ1) is 9.15. The Morgan fingerprint density at radius 3 is 2.63 bits per heavy atom. The Bertz CT molecular complexity index is 543. The second kappa shape index (κ2) is 6.52. The standard InChI is InChI=1S/C14H12BrF2NO/c15-10-7-11(16)9-12(8-10)19-6-5-18-14-4-2-1-3-13(14)17/h1-4,7-9,18H,5-6H2. The molecule has 19 heavy (non-hydrogen) atoms. The third-order valence-electron chi connectivity index (χ3n) is 2.40. The summed E-state index contributed by atoms with van der Waals surface area (Å²) in [5.74, 6) is -0.246. The van der Waals surface area contributed by atoms with Crippen molar-refractivity contribution >= 4 is 21.6 Å². The second-order valence-electron chi connectivity index (χ2n) is 3.86. The van der Waals surface area contributed by atoms with Crippen molar-refractivity contribution < 1.29 is 13.5 Å². The highest BCUT2D eigenvalue weighted by molar-refractivity contribution is 9.10. The zero-order chi connectivity index (χ0) is 13.7.